The molecule has 2 heterocycles. The van der Waals surface area contributed by atoms with Gasteiger partial charge in [-0.05, 0) is 37.8 Å². The summed E-state index contributed by atoms with van der Waals surface area (Å²) >= 11 is 6.06. The number of halogens is 1. The Hall–Kier alpha value is -0.840. The third kappa shape index (κ3) is 3.81. The van der Waals surface area contributed by atoms with E-state index in [2.05, 4.69) is 17.2 Å². The highest BCUT2D eigenvalue weighted by molar-refractivity contribution is 6.30. The van der Waals surface area contributed by atoms with E-state index in [1.54, 1.807) is 6.20 Å². The normalized spacial score (nSPS) is 18.4. The van der Waals surface area contributed by atoms with Gasteiger partial charge in [-0.2, -0.15) is 0 Å². The van der Waals surface area contributed by atoms with Crippen LogP contribution in [0.3, 0.4) is 0 Å². The summed E-state index contributed by atoms with van der Waals surface area (Å²) in [6.07, 6.45) is 4.79. The molecule has 19 heavy (non-hydrogen) atoms. The SMILES string of the molecule is CCCNC(c1cc(Cl)cnc1N)C1CCOCC1. The van der Waals surface area contributed by atoms with Crippen molar-refractivity contribution < 1.29 is 4.74 Å². The van der Waals surface area contributed by atoms with Crippen LogP contribution in [0.2, 0.25) is 5.02 Å². The van der Waals surface area contributed by atoms with Crippen molar-refractivity contribution in [1.29, 1.82) is 0 Å². The van der Waals surface area contributed by atoms with Crippen LogP contribution in [0.5, 0.6) is 0 Å². The van der Waals surface area contributed by atoms with E-state index in [1.165, 1.54) is 0 Å². The second-order valence-electron chi connectivity index (χ2n) is 5.01. The second kappa shape index (κ2) is 7.08. The van der Waals surface area contributed by atoms with E-state index >= 15 is 0 Å². The zero-order valence-corrected chi connectivity index (χ0v) is 12.1. The number of nitrogens with two attached hydrogens (primary N) is 1. The van der Waals surface area contributed by atoms with Crippen LogP contribution in [0.4, 0.5) is 5.82 Å². The fraction of sp³-hybridized carbons (Fsp3) is 0.643. The van der Waals surface area contributed by atoms with Crippen molar-refractivity contribution in [3.05, 3.63) is 22.8 Å². The topological polar surface area (TPSA) is 60.2 Å². The van der Waals surface area contributed by atoms with Crippen LogP contribution >= 0.6 is 11.6 Å². The lowest BCUT2D eigenvalue weighted by atomic mass is 9.87. The van der Waals surface area contributed by atoms with Gasteiger partial charge in [0.1, 0.15) is 5.82 Å². The fourth-order valence-corrected chi connectivity index (χ4v) is 2.76. The average molecular weight is 284 g/mol. The largest absolute Gasteiger partial charge is 0.383 e. The minimum Gasteiger partial charge on any atom is -0.383 e. The van der Waals surface area contributed by atoms with Gasteiger partial charge in [0.05, 0.1) is 5.02 Å². The molecule has 2 rings (SSSR count). The molecule has 0 amide bonds. The highest BCUT2D eigenvalue weighted by Gasteiger charge is 2.26. The Labute approximate surface area is 119 Å². The first kappa shape index (κ1) is 14.6. The molecule has 4 nitrogen and oxygen atoms in total. The minimum atomic E-state index is 0.218. The number of hydrogen-bond acceptors (Lipinski definition) is 4. The first-order valence-corrected chi connectivity index (χ1v) is 7.32. The Morgan fingerprint density at radius 2 is 2.26 bits per heavy atom. The number of hydrogen-bond donors (Lipinski definition) is 2. The van der Waals surface area contributed by atoms with Crippen LogP contribution in [0.1, 0.15) is 37.8 Å². The maximum Gasteiger partial charge on any atom is 0.128 e. The Balaban J connectivity index is 2.22. The van der Waals surface area contributed by atoms with Gasteiger partial charge in [0, 0.05) is 31.0 Å². The maximum absolute atomic E-state index is 6.06. The summed E-state index contributed by atoms with van der Waals surface area (Å²) in [4.78, 5) is 4.18. The van der Waals surface area contributed by atoms with Gasteiger partial charge in [0.2, 0.25) is 0 Å². The molecule has 1 saturated heterocycles. The van der Waals surface area contributed by atoms with Crippen LogP contribution < -0.4 is 11.1 Å². The van der Waals surface area contributed by atoms with Crippen molar-refractivity contribution in [3.8, 4) is 0 Å². The molecule has 1 aliphatic rings. The van der Waals surface area contributed by atoms with Crippen LogP contribution in [-0.2, 0) is 4.74 Å². The van der Waals surface area contributed by atoms with E-state index in [-0.39, 0.29) is 6.04 Å². The number of nitrogens with one attached hydrogen (secondary N) is 1. The standard InChI is InChI=1S/C14H22ClN3O/c1-2-5-17-13(10-3-6-19-7-4-10)12-8-11(15)9-18-14(12)16/h8-10,13,17H,2-7H2,1H3,(H2,16,18). The van der Waals surface area contributed by atoms with E-state index in [0.29, 0.717) is 16.8 Å². The van der Waals surface area contributed by atoms with Crippen molar-refractivity contribution in [2.24, 2.45) is 5.92 Å². The van der Waals surface area contributed by atoms with Crippen LogP contribution in [0, 0.1) is 5.92 Å². The van der Waals surface area contributed by atoms with Gasteiger partial charge in [-0.25, -0.2) is 4.98 Å². The number of ether oxygens (including phenoxy) is 1. The Morgan fingerprint density at radius 1 is 1.53 bits per heavy atom. The highest BCUT2D eigenvalue weighted by Crippen LogP contribution is 2.33. The second-order valence-corrected chi connectivity index (χ2v) is 5.45. The van der Waals surface area contributed by atoms with Crippen molar-refractivity contribution in [2.75, 3.05) is 25.5 Å². The van der Waals surface area contributed by atoms with Crippen LogP contribution in [-0.4, -0.2) is 24.7 Å². The lowest BCUT2D eigenvalue weighted by Gasteiger charge is -2.32. The Bertz CT molecular complexity index is 408. The lowest BCUT2D eigenvalue weighted by molar-refractivity contribution is 0.0537. The Kier molecular flexibility index (Phi) is 5.43. The van der Waals surface area contributed by atoms with Crippen molar-refractivity contribution >= 4 is 17.4 Å². The number of nitrogens with zero attached hydrogens (tertiary/aromatic N) is 1. The maximum atomic E-state index is 6.06. The first-order chi connectivity index (χ1) is 9.22. The highest BCUT2D eigenvalue weighted by atomic mass is 35.5. The summed E-state index contributed by atoms with van der Waals surface area (Å²) in [7, 11) is 0. The number of pyridine rings is 1. The minimum absolute atomic E-state index is 0.218. The predicted octanol–water partition coefficient (Wildman–Crippen LogP) is 2.78. The summed E-state index contributed by atoms with van der Waals surface area (Å²) < 4.78 is 5.44. The molecule has 3 N–H and O–H groups in total. The zero-order valence-electron chi connectivity index (χ0n) is 11.4. The van der Waals surface area contributed by atoms with Gasteiger partial charge in [0.15, 0.2) is 0 Å². The summed E-state index contributed by atoms with van der Waals surface area (Å²) in [5.74, 6) is 1.10. The fourth-order valence-electron chi connectivity index (χ4n) is 2.59. The zero-order chi connectivity index (χ0) is 13.7. The van der Waals surface area contributed by atoms with Crippen molar-refractivity contribution in [3.63, 3.8) is 0 Å². The molecule has 0 radical (unpaired) electrons. The molecule has 1 aromatic heterocycles. The van der Waals surface area contributed by atoms with Gasteiger partial charge in [-0.15, -0.1) is 0 Å². The van der Waals surface area contributed by atoms with Gasteiger partial charge >= 0.3 is 0 Å². The molecule has 1 aromatic rings. The third-order valence-electron chi connectivity index (χ3n) is 3.60. The summed E-state index contributed by atoms with van der Waals surface area (Å²) in [6, 6.07) is 2.15. The van der Waals surface area contributed by atoms with Crippen LogP contribution in [0.15, 0.2) is 12.3 Å². The molecule has 0 aliphatic carbocycles. The lowest BCUT2D eigenvalue weighted by Crippen LogP contribution is -2.33. The summed E-state index contributed by atoms with van der Waals surface area (Å²) in [5.41, 5.74) is 7.05. The van der Waals surface area contributed by atoms with Crippen molar-refractivity contribution in [1.82, 2.24) is 10.3 Å². The van der Waals surface area contributed by atoms with Gasteiger partial charge < -0.3 is 15.8 Å². The number of anilines is 1. The molecule has 0 aromatic carbocycles. The third-order valence-corrected chi connectivity index (χ3v) is 3.81. The molecule has 1 aliphatic heterocycles. The van der Waals surface area contributed by atoms with E-state index in [4.69, 9.17) is 22.1 Å². The molecule has 1 atom stereocenters. The monoisotopic (exact) mass is 283 g/mol. The Morgan fingerprint density at radius 3 is 2.95 bits per heavy atom. The summed E-state index contributed by atoms with van der Waals surface area (Å²) in [6.45, 7) is 4.77. The summed E-state index contributed by atoms with van der Waals surface area (Å²) in [5, 5.41) is 4.23. The van der Waals surface area contributed by atoms with E-state index in [9.17, 15) is 0 Å². The molecule has 0 saturated carbocycles. The first-order valence-electron chi connectivity index (χ1n) is 6.94. The van der Waals surface area contributed by atoms with Crippen molar-refractivity contribution in [2.45, 2.75) is 32.2 Å². The van der Waals surface area contributed by atoms with E-state index in [0.717, 1.165) is 44.6 Å². The number of aromatic nitrogens is 1. The molecule has 106 valence electrons. The van der Waals surface area contributed by atoms with E-state index < -0.39 is 0 Å². The predicted molar refractivity (Wildman–Crippen MR) is 78.2 cm³/mol. The molecule has 0 spiro atoms. The van der Waals surface area contributed by atoms with Gasteiger partial charge in [0.25, 0.3) is 0 Å². The quantitative estimate of drug-likeness (QED) is 0.872. The molecule has 5 heteroatoms. The molecule has 1 unspecified atom stereocenters. The number of rotatable bonds is 5. The van der Waals surface area contributed by atoms with Gasteiger partial charge in [-0.1, -0.05) is 18.5 Å². The number of nitrogen functional groups attached to an aromatic ring is 1. The molecule has 1 fully saturated rings. The average Bonchev–Trinajstić information content (AvgIpc) is 2.44. The van der Waals surface area contributed by atoms with E-state index in [1.807, 2.05) is 6.07 Å². The van der Waals surface area contributed by atoms with Gasteiger partial charge in [-0.3, -0.25) is 0 Å². The molecular weight excluding hydrogens is 262 g/mol. The van der Waals surface area contributed by atoms with Crippen LogP contribution in [0.25, 0.3) is 0 Å². The smallest absolute Gasteiger partial charge is 0.128 e. The molecular formula is C14H22ClN3O. The molecule has 0 bridgehead atoms.